The van der Waals surface area contributed by atoms with Crippen molar-refractivity contribution in [1.82, 2.24) is 20.3 Å². The van der Waals surface area contributed by atoms with Crippen LogP contribution in [-0.4, -0.2) is 53.6 Å². The fourth-order valence-electron chi connectivity index (χ4n) is 3.20. The van der Waals surface area contributed by atoms with Gasteiger partial charge in [-0.3, -0.25) is 4.79 Å². The number of halogens is 1. The molecule has 8 nitrogen and oxygen atoms in total. The number of aromatic nitrogens is 3. The van der Waals surface area contributed by atoms with Crippen molar-refractivity contribution in [3.8, 4) is 0 Å². The molecule has 0 unspecified atom stereocenters. The monoisotopic (exact) mass is 433 g/mol. The number of nitrogens with one attached hydrogen (secondary N) is 2. The fourth-order valence-corrected chi connectivity index (χ4v) is 4.01. The van der Waals surface area contributed by atoms with Crippen molar-refractivity contribution in [2.75, 3.05) is 36.9 Å². The summed E-state index contributed by atoms with van der Waals surface area (Å²) < 4.78 is 14.3. The highest BCUT2D eigenvalue weighted by Crippen LogP contribution is 2.30. The van der Waals surface area contributed by atoms with Crippen molar-refractivity contribution >= 4 is 29.6 Å². The molecule has 2 aromatic rings. The van der Waals surface area contributed by atoms with Crippen LogP contribution in [0.2, 0.25) is 0 Å². The Bertz CT molecular complexity index is 913. The molecule has 4 N–H and O–H groups in total. The first kappa shape index (κ1) is 22.2. The Hall–Kier alpha value is -2.46. The summed E-state index contributed by atoms with van der Waals surface area (Å²) in [5.74, 6) is -0.135. The topological polar surface area (TPSA) is 109 Å². The summed E-state index contributed by atoms with van der Waals surface area (Å²) in [4.78, 5) is 27.2. The summed E-state index contributed by atoms with van der Waals surface area (Å²) in [6, 6.07) is 4.22. The Labute approximate surface area is 180 Å². The zero-order valence-electron chi connectivity index (χ0n) is 17.7. The van der Waals surface area contributed by atoms with Crippen molar-refractivity contribution in [2.24, 2.45) is 11.1 Å². The summed E-state index contributed by atoms with van der Waals surface area (Å²) in [5.41, 5.74) is 5.60. The number of primary amides is 1. The molecular weight excluding hydrogens is 405 g/mol. The Kier molecular flexibility index (Phi) is 6.77. The second kappa shape index (κ2) is 9.13. The van der Waals surface area contributed by atoms with Gasteiger partial charge < -0.3 is 21.3 Å². The van der Waals surface area contributed by atoms with E-state index in [1.807, 2.05) is 11.9 Å². The molecular formula is C20H28FN7OS. The minimum atomic E-state index is -0.616. The van der Waals surface area contributed by atoms with E-state index in [0.717, 1.165) is 37.8 Å². The summed E-state index contributed by atoms with van der Waals surface area (Å²) in [6.07, 6.45) is 0.969. The van der Waals surface area contributed by atoms with Crippen molar-refractivity contribution in [2.45, 2.75) is 43.3 Å². The summed E-state index contributed by atoms with van der Waals surface area (Å²) >= 11 is 1.04. The average Bonchev–Trinajstić information content (AvgIpc) is 3.14. The predicted molar refractivity (Wildman–Crippen MR) is 116 cm³/mol. The Balaban J connectivity index is 1.92. The largest absolute Gasteiger partial charge is 0.366 e. The molecule has 0 saturated carbocycles. The second-order valence-electron chi connectivity index (χ2n) is 8.60. The van der Waals surface area contributed by atoms with Gasteiger partial charge in [-0.25, -0.2) is 4.39 Å². The van der Waals surface area contributed by atoms with Gasteiger partial charge in [-0.2, -0.15) is 15.0 Å². The van der Waals surface area contributed by atoms with Crippen LogP contribution in [0.25, 0.3) is 0 Å². The van der Waals surface area contributed by atoms with Gasteiger partial charge in [-0.1, -0.05) is 20.8 Å². The molecule has 0 aliphatic carbocycles. The molecule has 3 rings (SSSR count). The van der Waals surface area contributed by atoms with Gasteiger partial charge in [0.2, 0.25) is 17.8 Å². The van der Waals surface area contributed by atoms with E-state index >= 15 is 0 Å². The van der Waals surface area contributed by atoms with Crippen molar-refractivity contribution in [3.05, 3.63) is 29.6 Å². The smallest absolute Gasteiger partial charge is 0.248 e. The van der Waals surface area contributed by atoms with E-state index in [1.165, 1.54) is 18.2 Å². The maximum atomic E-state index is 14.3. The summed E-state index contributed by atoms with van der Waals surface area (Å²) in [7, 11) is 1.92. The standard InChI is InChI=1S/C20H28FN7OS/c1-20(2,3)11-28(4)18-25-17(24-13-7-8-23-10-13)26-19(27-18)30-15-9-12(16(22)29)5-6-14(15)21/h5-6,9,13,23H,7-8,10-11H2,1-4H3,(H2,22,29)(H,24,25,26,27)/t13-/m1/s1. The number of carbonyl (C=O) groups is 1. The molecule has 1 saturated heterocycles. The molecule has 0 bridgehead atoms. The van der Waals surface area contributed by atoms with Gasteiger partial charge >= 0.3 is 0 Å². The summed E-state index contributed by atoms with van der Waals surface area (Å²) in [6.45, 7) is 8.90. The molecule has 1 atom stereocenters. The molecule has 1 aliphatic rings. The zero-order valence-corrected chi connectivity index (χ0v) is 18.5. The lowest BCUT2D eigenvalue weighted by molar-refractivity contribution is 0.1000. The highest BCUT2D eigenvalue weighted by molar-refractivity contribution is 7.99. The molecule has 10 heteroatoms. The van der Waals surface area contributed by atoms with E-state index in [1.54, 1.807) is 0 Å². The van der Waals surface area contributed by atoms with Crippen LogP contribution in [0.1, 0.15) is 37.6 Å². The van der Waals surface area contributed by atoms with Crippen LogP contribution >= 0.6 is 11.8 Å². The molecule has 30 heavy (non-hydrogen) atoms. The average molecular weight is 434 g/mol. The van der Waals surface area contributed by atoms with Gasteiger partial charge in [0.05, 0.1) is 4.90 Å². The van der Waals surface area contributed by atoms with E-state index in [4.69, 9.17) is 5.73 Å². The number of nitrogens with two attached hydrogens (primary N) is 1. The molecule has 1 fully saturated rings. The van der Waals surface area contributed by atoms with Crippen LogP contribution in [0, 0.1) is 11.2 Å². The lowest BCUT2D eigenvalue weighted by Crippen LogP contribution is -2.31. The predicted octanol–water partition coefficient (Wildman–Crippen LogP) is 2.52. The molecule has 0 spiro atoms. The number of amides is 1. The summed E-state index contributed by atoms with van der Waals surface area (Å²) in [5, 5.41) is 6.98. The van der Waals surface area contributed by atoms with Crippen molar-refractivity contribution in [3.63, 3.8) is 0 Å². The molecule has 1 aromatic carbocycles. The van der Waals surface area contributed by atoms with Crippen LogP contribution in [0.15, 0.2) is 28.3 Å². The highest BCUT2D eigenvalue weighted by atomic mass is 32.2. The van der Waals surface area contributed by atoms with E-state index in [0.29, 0.717) is 17.1 Å². The quantitative estimate of drug-likeness (QED) is 0.611. The Morgan fingerprint density at radius 3 is 2.77 bits per heavy atom. The van der Waals surface area contributed by atoms with Gasteiger partial charge in [0, 0.05) is 31.7 Å². The Morgan fingerprint density at radius 2 is 2.13 bits per heavy atom. The molecule has 162 valence electrons. The van der Waals surface area contributed by atoms with Crippen LogP contribution in [0.4, 0.5) is 16.3 Å². The SMILES string of the molecule is CN(CC(C)(C)C)c1nc(N[C@@H]2CCNC2)nc(Sc2cc(C(N)=O)ccc2F)n1. The molecule has 2 heterocycles. The lowest BCUT2D eigenvalue weighted by Gasteiger charge is -2.27. The second-order valence-corrected chi connectivity index (χ2v) is 9.61. The number of hydrogen-bond acceptors (Lipinski definition) is 8. The molecule has 1 aromatic heterocycles. The first-order chi connectivity index (χ1) is 14.1. The zero-order chi connectivity index (χ0) is 21.9. The van der Waals surface area contributed by atoms with E-state index in [-0.39, 0.29) is 21.9 Å². The lowest BCUT2D eigenvalue weighted by atomic mass is 9.96. The number of rotatable bonds is 7. The maximum Gasteiger partial charge on any atom is 0.248 e. The molecule has 1 amide bonds. The minimum Gasteiger partial charge on any atom is -0.366 e. The van der Waals surface area contributed by atoms with E-state index in [2.05, 4.69) is 46.4 Å². The van der Waals surface area contributed by atoms with Gasteiger partial charge in [-0.15, -0.1) is 0 Å². The van der Waals surface area contributed by atoms with Gasteiger partial charge in [0.25, 0.3) is 0 Å². The number of anilines is 2. The highest BCUT2D eigenvalue weighted by Gasteiger charge is 2.21. The van der Waals surface area contributed by atoms with Gasteiger partial charge in [0.1, 0.15) is 5.82 Å². The Morgan fingerprint density at radius 1 is 1.37 bits per heavy atom. The number of carbonyl (C=O) groups excluding carboxylic acids is 1. The van der Waals surface area contributed by atoms with Gasteiger partial charge in [-0.05, 0) is 48.3 Å². The molecule has 1 aliphatic heterocycles. The van der Waals surface area contributed by atoms with Crippen LogP contribution < -0.4 is 21.3 Å². The third kappa shape index (κ3) is 6.02. The fraction of sp³-hybridized carbons (Fsp3) is 0.500. The number of hydrogen-bond donors (Lipinski definition) is 3. The van der Waals surface area contributed by atoms with Crippen LogP contribution in [0.3, 0.4) is 0 Å². The third-order valence-electron chi connectivity index (χ3n) is 4.47. The van der Waals surface area contributed by atoms with Crippen LogP contribution in [-0.2, 0) is 0 Å². The minimum absolute atomic E-state index is 0.0412. The van der Waals surface area contributed by atoms with E-state index < -0.39 is 11.7 Å². The number of benzene rings is 1. The first-order valence-corrected chi connectivity index (χ1v) is 10.6. The van der Waals surface area contributed by atoms with E-state index in [9.17, 15) is 9.18 Å². The first-order valence-electron chi connectivity index (χ1n) is 9.82. The third-order valence-corrected chi connectivity index (χ3v) is 5.36. The normalized spacial score (nSPS) is 16.5. The van der Waals surface area contributed by atoms with Crippen molar-refractivity contribution < 1.29 is 9.18 Å². The maximum absolute atomic E-state index is 14.3. The van der Waals surface area contributed by atoms with Crippen LogP contribution in [0.5, 0.6) is 0 Å². The van der Waals surface area contributed by atoms with Gasteiger partial charge in [0.15, 0.2) is 5.16 Å². The molecule has 0 radical (unpaired) electrons. The number of nitrogens with zero attached hydrogens (tertiary/aromatic N) is 4. The van der Waals surface area contributed by atoms with Crippen molar-refractivity contribution in [1.29, 1.82) is 0 Å².